The van der Waals surface area contributed by atoms with Crippen molar-refractivity contribution in [2.45, 2.75) is 25.2 Å². The first-order chi connectivity index (χ1) is 9.81. The molecule has 0 amide bonds. The van der Waals surface area contributed by atoms with Gasteiger partial charge in [-0.15, -0.1) is 0 Å². The Balaban J connectivity index is 2.80. The molecule has 1 rings (SSSR count). The zero-order valence-corrected chi connectivity index (χ0v) is 14.3. The number of ether oxygens (including phenoxy) is 1. The van der Waals surface area contributed by atoms with Crippen molar-refractivity contribution in [1.82, 2.24) is 4.72 Å². The molecule has 8 heteroatoms. The second-order valence-electron chi connectivity index (χ2n) is 4.53. The topological polar surface area (TPSA) is 75.6 Å². The second-order valence-corrected chi connectivity index (χ2v) is 7.02. The molecule has 0 aliphatic carbocycles. The number of hydrogen-bond donors (Lipinski definition) is 2. The van der Waals surface area contributed by atoms with Gasteiger partial charge >= 0.3 is 0 Å². The second kappa shape index (κ2) is 8.31. The molecular formula is C13H19Cl2NO4S. The standard InChI is InChI=1S/C13H19Cl2NO4S/c1-9-8-11(14)10(2)13(12(9)15)21(18,19)16-4-3-6-20-7-5-17/h8,16-17H,3-7H2,1-2H3. The van der Waals surface area contributed by atoms with Crippen LogP contribution in [0.25, 0.3) is 0 Å². The van der Waals surface area contributed by atoms with Crippen molar-refractivity contribution < 1.29 is 18.3 Å². The quantitative estimate of drug-likeness (QED) is 0.701. The Morgan fingerprint density at radius 1 is 1.29 bits per heavy atom. The SMILES string of the molecule is Cc1cc(Cl)c(C)c(S(=O)(=O)NCCCOCCO)c1Cl. The molecule has 0 saturated carbocycles. The lowest BCUT2D eigenvalue weighted by molar-refractivity contribution is 0.0913. The summed E-state index contributed by atoms with van der Waals surface area (Å²) in [6.07, 6.45) is 0.495. The van der Waals surface area contributed by atoms with Crippen molar-refractivity contribution in [3.63, 3.8) is 0 Å². The van der Waals surface area contributed by atoms with Crippen LogP contribution in [0, 0.1) is 13.8 Å². The van der Waals surface area contributed by atoms with Crippen LogP contribution >= 0.6 is 23.2 Å². The van der Waals surface area contributed by atoms with Crippen LogP contribution in [-0.4, -0.2) is 39.9 Å². The van der Waals surface area contributed by atoms with Crippen molar-refractivity contribution >= 4 is 33.2 Å². The van der Waals surface area contributed by atoms with Crippen molar-refractivity contribution in [1.29, 1.82) is 0 Å². The van der Waals surface area contributed by atoms with E-state index in [1.807, 2.05) is 0 Å². The lowest BCUT2D eigenvalue weighted by Gasteiger charge is -2.14. The maximum atomic E-state index is 12.3. The van der Waals surface area contributed by atoms with Gasteiger partial charge in [-0.3, -0.25) is 0 Å². The number of hydrogen-bond acceptors (Lipinski definition) is 4. The first kappa shape index (κ1) is 18.7. The molecule has 5 nitrogen and oxygen atoms in total. The minimum Gasteiger partial charge on any atom is -0.394 e. The number of nitrogens with one attached hydrogen (secondary N) is 1. The molecule has 120 valence electrons. The summed E-state index contributed by atoms with van der Waals surface area (Å²) in [5.74, 6) is 0. The molecule has 0 aliphatic rings. The van der Waals surface area contributed by atoms with Crippen LogP contribution in [0.1, 0.15) is 17.5 Å². The number of halogens is 2. The highest BCUT2D eigenvalue weighted by molar-refractivity contribution is 7.89. The van der Waals surface area contributed by atoms with E-state index >= 15 is 0 Å². The Bertz CT molecular complexity index is 564. The van der Waals surface area contributed by atoms with E-state index in [-0.39, 0.29) is 29.7 Å². The van der Waals surface area contributed by atoms with Gasteiger partial charge in [-0.2, -0.15) is 0 Å². The molecule has 1 aromatic carbocycles. The fraction of sp³-hybridized carbons (Fsp3) is 0.538. The van der Waals surface area contributed by atoms with Crippen LogP contribution in [-0.2, 0) is 14.8 Å². The highest BCUT2D eigenvalue weighted by atomic mass is 35.5. The van der Waals surface area contributed by atoms with E-state index in [0.29, 0.717) is 29.2 Å². The molecule has 0 unspecified atom stereocenters. The Kier molecular flexibility index (Phi) is 7.39. The van der Waals surface area contributed by atoms with E-state index in [0.717, 1.165) is 0 Å². The molecule has 0 radical (unpaired) electrons. The van der Waals surface area contributed by atoms with E-state index < -0.39 is 10.0 Å². The van der Waals surface area contributed by atoms with Crippen LogP contribution in [0.5, 0.6) is 0 Å². The predicted octanol–water partition coefficient (Wildman–Crippen LogP) is 2.29. The van der Waals surface area contributed by atoms with Gasteiger partial charge in [0.25, 0.3) is 0 Å². The average Bonchev–Trinajstić information content (AvgIpc) is 2.40. The van der Waals surface area contributed by atoms with E-state index in [9.17, 15) is 8.42 Å². The van der Waals surface area contributed by atoms with Gasteiger partial charge in [0.2, 0.25) is 10.0 Å². The Morgan fingerprint density at radius 3 is 2.57 bits per heavy atom. The third-order valence-electron chi connectivity index (χ3n) is 2.85. The molecular weight excluding hydrogens is 337 g/mol. The number of aryl methyl sites for hydroxylation is 1. The van der Waals surface area contributed by atoms with Crippen LogP contribution in [0.3, 0.4) is 0 Å². The van der Waals surface area contributed by atoms with Gasteiger partial charge in [0.1, 0.15) is 4.90 Å². The number of benzene rings is 1. The van der Waals surface area contributed by atoms with E-state index in [4.69, 9.17) is 33.0 Å². The molecule has 0 heterocycles. The highest BCUT2D eigenvalue weighted by Crippen LogP contribution is 2.33. The monoisotopic (exact) mass is 355 g/mol. The van der Waals surface area contributed by atoms with Crippen LogP contribution in [0.15, 0.2) is 11.0 Å². The van der Waals surface area contributed by atoms with Crippen molar-refractivity contribution in [2.75, 3.05) is 26.4 Å². The Morgan fingerprint density at radius 2 is 1.95 bits per heavy atom. The lowest BCUT2D eigenvalue weighted by atomic mass is 10.2. The molecule has 21 heavy (non-hydrogen) atoms. The molecule has 0 atom stereocenters. The summed E-state index contributed by atoms with van der Waals surface area (Å²) in [4.78, 5) is 0.0189. The van der Waals surface area contributed by atoms with Crippen molar-refractivity contribution in [3.05, 3.63) is 27.2 Å². The summed E-state index contributed by atoms with van der Waals surface area (Å²) in [5, 5.41) is 9.10. The average molecular weight is 356 g/mol. The molecule has 0 bridgehead atoms. The van der Waals surface area contributed by atoms with Gasteiger partial charge in [0, 0.05) is 18.2 Å². The fourth-order valence-corrected chi connectivity index (χ4v) is 4.04. The van der Waals surface area contributed by atoms with Gasteiger partial charge in [0.15, 0.2) is 0 Å². The minimum atomic E-state index is -3.73. The Labute approximate surface area is 135 Å². The number of rotatable bonds is 8. The predicted molar refractivity (Wildman–Crippen MR) is 83.6 cm³/mol. The first-order valence-electron chi connectivity index (χ1n) is 6.44. The summed E-state index contributed by atoms with van der Waals surface area (Å²) in [6, 6.07) is 1.64. The van der Waals surface area contributed by atoms with Crippen LogP contribution in [0.2, 0.25) is 10.0 Å². The molecule has 1 aromatic rings. The Hall–Kier alpha value is -0.370. The summed E-state index contributed by atoms with van der Waals surface area (Å²) in [5.41, 5.74) is 1.04. The molecule has 0 saturated heterocycles. The largest absolute Gasteiger partial charge is 0.394 e. The third kappa shape index (κ3) is 5.09. The number of aliphatic hydroxyl groups excluding tert-OH is 1. The zero-order chi connectivity index (χ0) is 16.0. The van der Waals surface area contributed by atoms with Crippen molar-refractivity contribution in [3.8, 4) is 0 Å². The van der Waals surface area contributed by atoms with Gasteiger partial charge in [-0.25, -0.2) is 13.1 Å². The minimum absolute atomic E-state index is 0.0189. The molecule has 0 aromatic heterocycles. The molecule has 2 N–H and O–H groups in total. The van der Waals surface area contributed by atoms with Gasteiger partial charge in [0.05, 0.1) is 18.2 Å². The summed E-state index contributed by atoms with van der Waals surface area (Å²) in [6.45, 7) is 4.09. The van der Waals surface area contributed by atoms with Crippen molar-refractivity contribution in [2.24, 2.45) is 0 Å². The van der Waals surface area contributed by atoms with Gasteiger partial charge in [-0.05, 0) is 37.5 Å². The van der Waals surface area contributed by atoms with Gasteiger partial charge < -0.3 is 9.84 Å². The molecule has 0 aliphatic heterocycles. The van der Waals surface area contributed by atoms with E-state index in [2.05, 4.69) is 4.72 Å². The third-order valence-corrected chi connectivity index (χ3v) is 5.47. The smallest absolute Gasteiger partial charge is 0.242 e. The first-order valence-corrected chi connectivity index (χ1v) is 8.68. The number of aliphatic hydroxyl groups is 1. The molecule has 0 fully saturated rings. The van der Waals surface area contributed by atoms with Gasteiger partial charge in [-0.1, -0.05) is 23.2 Å². The zero-order valence-electron chi connectivity index (χ0n) is 11.9. The van der Waals surface area contributed by atoms with Crippen LogP contribution < -0.4 is 4.72 Å². The maximum absolute atomic E-state index is 12.3. The number of sulfonamides is 1. The highest BCUT2D eigenvalue weighted by Gasteiger charge is 2.23. The fourth-order valence-electron chi connectivity index (χ4n) is 1.75. The van der Waals surface area contributed by atoms with Crippen LogP contribution in [0.4, 0.5) is 0 Å². The van der Waals surface area contributed by atoms with E-state index in [1.165, 1.54) is 0 Å². The summed E-state index contributed by atoms with van der Waals surface area (Å²) in [7, 11) is -3.73. The molecule has 0 spiro atoms. The summed E-state index contributed by atoms with van der Waals surface area (Å²) < 4.78 is 32.2. The van der Waals surface area contributed by atoms with E-state index in [1.54, 1.807) is 19.9 Å². The maximum Gasteiger partial charge on any atom is 0.242 e. The lowest BCUT2D eigenvalue weighted by Crippen LogP contribution is -2.27. The normalized spacial score (nSPS) is 11.9. The summed E-state index contributed by atoms with van der Waals surface area (Å²) >= 11 is 12.1.